The van der Waals surface area contributed by atoms with Gasteiger partial charge in [0.05, 0.1) is 21.3 Å². The van der Waals surface area contributed by atoms with Crippen LogP contribution in [0.5, 0.6) is 11.5 Å². The number of esters is 1. The van der Waals surface area contributed by atoms with E-state index in [1.54, 1.807) is 49.4 Å². The van der Waals surface area contributed by atoms with E-state index >= 15 is 0 Å². The van der Waals surface area contributed by atoms with Crippen LogP contribution in [0.3, 0.4) is 0 Å². The third-order valence-electron chi connectivity index (χ3n) is 4.07. The van der Waals surface area contributed by atoms with Crippen molar-refractivity contribution >= 4 is 28.6 Å². The minimum absolute atomic E-state index is 0.0148. The summed E-state index contributed by atoms with van der Waals surface area (Å²) in [7, 11) is -1.35. The van der Waals surface area contributed by atoms with Crippen molar-refractivity contribution in [2.75, 3.05) is 19.0 Å². The third kappa shape index (κ3) is 5.15. The predicted octanol–water partition coefficient (Wildman–Crippen LogP) is 0.958. The molecule has 2 aromatic carbocycles. The van der Waals surface area contributed by atoms with Crippen molar-refractivity contribution < 1.29 is 32.8 Å². The standard InChI is InChI=1S/C20H20N2O7S/c1-2-30(26)17-10-6-3-7-13(17)20(25)28-12-18(23)21-22-19(24)16-11-27-14-8-4-5-9-15(14)29-16/h3-10,16H,2,11-12H2,1H3,(H,21,23)(H,22,24)/t16-,30-/m1/s1. The maximum Gasteiger partial charge on any atom is 0.339 e. The molecule has 0 fully saturated rings. The molecule has 9 nitrogen and oxygen atoms in total. The lowest BCUT2D eigenvalue weighted by Crippen LogP contribution is -2.51. The van der Waals surface area contributed by atoms with Crippen LogP contribution in [0.15, 0.2) is 53.4 Å². The zero-order valence-corrected chi connectivity index (χ0v) is 16.9. The van der Waals surface area contributed by atoms with Crippen LogP contribution in [0.4, 0.5) is 0 Å². The number of nitrogens with one attached hydrogen (secondary N) is 2. The normalized spacial score (nSPS) is 15.6. The van der Waals surface area contributed by atoms with E-state index in [0.717, 1.165) is 0 Å². The summed E-state index contributed by atoms with van der Waals surface area (Å²) in [6.45, 7) is 1.09. The second-order valence-electron chi connectivity index (χ2n) is 6.11. The Morgan fingerprint density at radius 2 is 1.77 bits per heavy atom. The molecule has 30 heavy (non-hydrogen) atoms. The molecule has 0 saturated heterocycles. The molecule has 0 aromatic heterocycles. The fourth-order valence-corrected chi connectivity index (χ4v) is 3.53. The number of rotatable bonds is 6. The summed E-state index contributed by atoms with van der Waals surface area (Å²) >= 11 is 0. The Morgan fingerprint density at radius 1 is 1.07 bits per heavy atom. The number of para-hydroxylation sites is 2. The van der Waals surface area contributed by atoms with Crippen LogP contribution in [0.1, 0.15) is 17.3 Å². The Hall–Kier alpha value is -3.40. The number of hydrogen-bond donors (Lipinski definition) is 2. The van der Waals surface area contributed by atoms with Crippen molar-refractivity contribution in [1.82, 2.24) is 10.9 Å². The summed E-state index contributed by atoms with van der Waals surface area (Å²) < 4.78 is 28.0. The Morgan fingerprint density at radius 3 is 2.53 bits per heavy atom. The molecule has 3 rings (SSSR count). The van der Waals surface area contributed by atoms with Crippen LogP contribution in [0.2, 0.25) is 0 Å². The van der Waals surface area contributed by atoms with Crippen molar-refractivity contribution in [3.05, 3.63) is 54.1 Å². The molecule has 2 atom stereocenters. The largest absolute Gasteiger partial charge is 0.485 e. The van der Waals surface area contributed by atoms with Gasteiger partial charge in [0.1, 0.15) is 6.61 Å². The molecule has 0 saturated carbocycles. The summed E-state index contributed by atoms with van der Waals surface area (Å²) in [5.41, 5.74) is 4.48. The maximum absolute atomic E-state index is 12.2. The summed E-state index contributed by atoms with van der Waals surface area (Å²) in [5.74, 6) is -0.854. The number of hydrogen-bond acceptors (Lipinski definition) is 7. The first kappa shape index (κ1) is 21.3. The molecule has 158 valence electrons. The Labute approximate surface area is 175 Å². The topological polar surface area (TPSA) is 120 Å². The monoisotopic (exact) mass is 432 g/mol. The molecular formula is C20H20N2O7S. The van der Waals surface area contributed by atoms with Gasteiger partial charge >= 0.3 is 5.97 Å². The highest BCUT2D eigenvalue weighted by atomic mass is 32.2. The van der Waals surface area contributed by atoms with Gasteiger partial charge in [0, 0.05) is 5.75 Å². The Bertz CT molecular complexity index is 979. The van der Waals surface area contributed by atoms with Crippen LogP contribution in [0, 0.1) is 0 Å². The van der Waals surface area contributed by atoms with Gasteiger partial charge in [0.15, 0.2) is 18.1 Å². The molecule has 0 aliphatic carbocycles. The molecule has 2 amide bonds. The number of carbonyl (C=O) groups is 3. The number of fused-ring (bicyclic) bond motifs is 1. The van der Waals surface area contributed by atoms with Crippen LogP contribution < -0.4 is 20.3 Å². The third-order valence-corrected chi connectivity index (χ3v) is 5.45. The molecule has 10 heteroatoms. The average molecular weight is 432 g/mol. The van der Waals surface area contributed by atoms with Crippen molar-refractivity contribution in [3.63, 3.8) is 0 Å². The number of ether oxygens (including phenoxy) is 3. The molecule has 1 aliphatic heterocycles. The van der Waals surface area contributed by atoms with Gasteiger partial charge in [-0.15, -0.1) is 0 Å². The molecular weight excluding hydrogens is 412 g/mol. The van der Waals surface area contributed by atoms with Gasteiger partial charge in [0.2, 0.25) is 6.10 Å². The second-order valence-corrected chi connectivity index (χ2v) is 7.82. The lowest BCUT2D eigenvalue weighted by molar-refractivity contribution is -0.135. The molecule has 0 radical (unpaired) electrons. The highest BCUT2D eigenvalue weighted by Gasteiger charge is 2.27. The van der Waals surface area contributed by atoms with Gasteiger partial charge in [-0.25, -0.2) is 4.79 Å². The van der Waals surface area contributed by atoms with Crippen molar-refractivity contribution in [2.24, 2.45) is 0 Å². The maximum atomic E-state index is 12.2. The molecule has 1 aliphatic rings. The van der Waals surface area contributed by atoms with E-state index in [1.165, 1.54) is 6.07 Å². The second kappa shape index (κ2) is 9.88. The smallest absolute Gasteiger partial charge is 0.339 e. The van der Waals surface area contributed by atoms with Gasteiger partial charge in [-0.05, 0) is 24.3 Å². The first-order valence-corrected chi connectivity index (χ1v) is 10.4. The van der Waals surface area contributed by atoms with E-state index in [-0.39, 0.29) is 12.2 Å². The average Bonchev–Trinajstić information content (AvgIpc) is 2.80. The first-order chi connectivity index (χ1) is 14.5. The van der Waals surface area contributed by atoms with E-state index in [1.807, 2.05) is 0 Å². The molecule has 1 heterocycles. The number of amides is 2. The SMILES string of the molecule is CC[S@@](=O)c1ccccc1C(=O)OCC(=O)NNC(=O)[C@H]1COc2ccccc2O1. The lowest BCUT2D eigenvalue weighted by Gasteiger charge is -2.25. The van der Waals surface area contributed by atoms with E-state index < -0.39 is 41.3 Å². The minimum atomic E-state index is -1.35. The fraction of sp³-hybridized carbons (Fsp3) is 0.250. The molecule has 0 unspecified atom stereocenters. The fourth-order valence-electron chi connectivity index (χ4n) is 2.59. The quantitative estimate of drug-likeness (QED) is 0.515. The zero-order chi connectivity index (χ0) is 21.5. The van der Waals surface area contributed by atoms with E-state index in [4.69, 9.17) is 14.2 Å². The van der Waals surface area contributed by atoms with Gasteiger partial charge < -0.3 is 14.2 Å². The first-order valence-electron chi connectivity index (χ1n) is 9.11. The van der Waals surface area contributed by atoms with E-state index in [2.05, 4.69) is 10.9 Å². The van der Waals surface area contributed by atoms with Crippen molar-refractivity contribution in [3.8, 4) is 11.5 Å². The molecule has 0 bridgehead atoms. The van der Waals surface area contributed by atoms with Gasteiger partial charge in [-0.2, -0.15) is 0 Å². The van der Waals surface area contributed by atoms with E-state index in [9.17, 15) is 18.6 Å². The summed E-state index contributed by atoms with van der Waals surface area (Å²) in [4.78, 5) is 36.6. The Balaban J connectivity index is 1.47. The van der Waals surface area contributed by atoms with Gasteiger partial charge in [0.25, 0.3) is 11.8 Å². The summed E-state index contributed by atoms with van der Waals surface area (Å²) in [6, 6.07) is 13.2. The molecule has 0 spiro atoms. The lowest BCUT2D eigenvalue weighted by atomic mass is 10.2. The van der Waals surface area contributed by atoms with Gasteiger partial charge in [-0.3, -0.25) is 24.6 Å². The molecule has 2 N–H and O–H groups in total. The number of benzene rings is 2. The van der Waals surface area contributed by atoms with Crippen molar-refractivity contribution in [2.45, 2.75) is 17.9 Å². The minimum Gasteiger partial charge on any atom is -0.485 e. The zero-order valence-electron chi connectivity index (χ0n) is 16.1. The Kier molecular flexibility index (Phi) is 7.02. The summed E-state index contributed by atoms with van der Waals surface area (Å²) in [5, 5.41) is 0. The van der Waals surface area contributed by atoms with Crippen LogP contribution in [0.25, 0.3) is 0 Å². The van der Waals surface area contributed by atoms with Crippen LogP contribution in [-0.2, 0) is 25.1 Å². The van der Waals surface area contributed by atoms with Gasteiger partial charge in [-0.1, -0.05) is 31.2 Å². The predicted molar refractivity (Wildman–Crippen MR) is 106 cm³/mol. The van der Waals surface area contributed by atoms with Crippen LogP contribution in [-0.4, -0.2) is 47.1 Å². The highest BCUT2D eigenvalue weighted by molar-refractivity contribution is 7.85. The van der Waals surface area contributed by atoms with Crippen LogP contribution >= 0.6 is 0 Å². The van der Waals surface area contributed by atoms with E-state index in [0.29, 0.717) is 22.1 Å². The highest BCUT2D eigenvalue weighted by Crippen LogP contribution is 2.30. The summed E-state index contributed by atoms with van der Waals surface area (Å²) in [6.07, 6.45) is -0.946. The molecule has 2 aromatic rings. The number of hydrazine groups is 1. The van der Waals surface area contributed by atoms with Crippen molar-refractivity contribution in [1.29, 1.82) is 0 Å². The number of carbonyl (C=O) groups excluding carboxylic acids is 3.